The van der Waals surface area contributed by atoms with Crippen molar-refractivity contribution in [3.8, 4) is 34.4 Å². The first-order valence-corrected chi connectivity index (χ1v) is 15.4. The van der Waals surface area contributed by atoms with Gasteiger partial charge in [-0.15, -0.1) is 0 Å². The van der Waals surface area contributed by atoms with Crippen molar-refractivity contribution in [3.05, 3.63) is 108 Å². The molecule has 1 aliphatic heterocycles. The fourth-order valence-electron chi connectivity index (χ4n) is 6.14. The lowest BCUT2D eigenvalue weighted by Crippen LogP contribution is -2.53. The second-order valence-electron chi connectivity index (χ2n) is 11.6. The number of likely N-dealkylation sites (tertiary alicyclic amines) is 1. The molecular formula is C35H31FN10O2. The highest BCUT2D eigenvalue weighted by atomic mass is 19.1. The van der Waals surface area contributed by atoms with Gasteiger partial charge < -0.3 is 20.8 Å². The molecular weight excluding hydrogens is 611 g/mol. The Labute approximate surface area is 275 Å². The zero-order valence-electron chi connectivity index (χ0n) is 25.9. The molecule has 0 bridgehead atoms. The molecule has 240 valence electrons. The fraction of sp³-hybridized carbons (Fsp3) is 0.200. The Balaban J connectivity index is 1.18. The molecule has 13 heteroatoms. The van der Waals surface area contributed by atoms with Crippen molar-refractivity contribution in [2.24, 2.45) is 0 Å². The van der Waals surface area contributed by atoms with E-state index in [4.69, 9.17) is 21.0 Å². The summed E-state index contributed by atoms with van der Waals surface area (Å²) in [7, 11) is 1.92. The van der Waals surface area contributed by atoms with E-state index in [1.165, 1.54) is 12.1 Å². The van der Waals surface area contributed by atoms with E-state index >= 15 is 0 Å². The molecule has 1 aliphatic rings. The van der Waals surface area contributed by atoms with Crippen LogP contribution in [0.4, 0.5) is 16.0 Å². The number of fused-ring (bicyclic) bond motifs is 1. The summed E-state index contributed by atoms with van der Waals surface area (Å²) >= 11 is 0. The summed E-state index contributed by atoms with van der Waals surface area (Å²) < 4.78 is 15.5. The number of imidazole rings is 1. The van der Waals surface area contributed by atoms with E-state index in [1.54, 1.807) is 65.8 Å². The molecule has 0 aliphatic carbocycles. The van der Waals surface area contributed by atoms with Gasteiger partial charge in [-0.3, -0.25) is 4.57 Å². The first-order chi connectivity index (χ1) is 23.2. The fourth-order valence-corrected chi connectivity index (χ4v) is 6.14. The SMILES string of the molecule is CN(c1ccnc(C#N)n1)C1CCN(C(O)(O)c2ccc(-n3c(-c4cccnc4N)nc4ccc(-c5ccc(F)cc5)nc43)cc2)CC1. The molecule has 0 amide bonds. The molecule has 0 atom stereocenters. The molecule has 4 N–H and O–H groups in total. The van der Waals surface area contributed by atoms with Crippen LogP contribution in [0.1, 0.15) is 24.2 Å². The maximum Gasteiger partial charge on any atom is 0.253 e. The molecule has 7 rings (SSSR count). The molecule has 0 unspecified atom stereocenters. The van der Waals surface area contributed by atoms with Crippen LogP contribution in [0.5, 0.6) is 0 Å². The number of piperidine rings is 1. The van der Waals surface area contributed by atoms with Gasteiger partial charge in [0.05, 0.1) is 11.3 Å². The van der Waals surface area contributed by atoms with Crippen LogP contribution in [0.25, 0.3) is 39.5 Å². The molecule has 48 heavy (non-hydrogen) atoms. The molecule has 12 nitrogen and oxygen atoms in total. The van der Waals surface area contributed by atoms with Gasteiger partial charge in [0.1, 0.15) is 29.0 Å². The van der Waals surface area contributed by atoms with E-state index in [9.17, 15) is 14.6 Å². The van der Waals surface area contributed by atoms with E-state index < -0.39 is 5.91 Å². The number of aliphatic hydroxyl groups is 2. The van der Waals surface area contributed by atoms with Crippen molar-refractivity contribution in [1.82, 2.24) is 34.4 Å². The Bertz CT molecular complexity index is 2140. The maximum absolute atomic E-state index is 13.6. The van der Waals surface area contributed by atoms with Crippen LogP contribution in [-0.4, -0.2) is 70.8 Å². The number of nitriles is 1. The highest BCUT2D eigenvalue weighted by molar-refractivity contribution is 5.84. The molecule has 0 saturated carbocycles. The number of halogens is 1. The minimum absolute atomic E-state index is 0.0982. The lowest BCUT2D eigenvalue weighted by Gasteiger charge is -2.42. The van der Waals surface area contributed by atoms with Gasteiger partial charge in [-0.25, -0.2) is 34.2 Å². The summed E-state index contributed by atoms with van der Waals surface area (Å²) in [5.41, 5.74) is 10.4. The molecule has 1 saturated heterocycles. The zero-order chi connectivity index (χ0) is 33.4. The van der Waals surface area contributed by atoms with Gasteiger partial charge in [0, 0.05) is 55.4 Å². The smallest absolute Gasteiger partial charge is 0.253 e. The Morgan fingerprint density at radius 3 is 2.38 bits per heavy atom. The number of anilines is 2. The first kappa shape index (κ1) is 30.8. The van der Waals surface area contributed by atoms with Gasteiger partial charge >= 0.3 is 0 Å². The Morgan fingerprint density at radius 2 is 1.67 bits per heavy atom. The van der Waals surface area contributed by atoms with Crippen LogP contribution in [0, 0.1) is 17.1 Å². The van der Waals surface area contributed by atoms with Gasteiger partial charge in [-0.1, -0.05) is 12.1 Å². The molecule has 6 aromatic rings. The summed E-state index contributed by atoms with van der Waals surface area (Å²) in [6.45, 7) is 0.846. The molecule has 0 spiro atoms. The average Bonchev–Trinajstić information content (AvgIpc) is 3.50. The largest absolute Gasteiger partial charge is 0.383 e. The van der Waals surface area contributed by atoms with Gasteiger partial charge in [0.2, 0.25) is 5.82 Å². The Hall–Kier alpha value is -5.81. The van der Waals surface area contributed by atoms with Crippen molar-refractivity contribution in [2.45, 2.75) is 24.8 Å². The maximum atomic E-state index is 13.6. The highest BCUT2D eigenvalue weighted by Gasteiger charge is 2.37. The standard InChI is InChI=1S/C35H31FN10O2/c1-44(31-14-18-39-30(21-37)43-31)25-15-19-45(20-16-25)35(47,48)23-6-10-26(11-7-23)46-33(27-3-2-17-40-32(27)38)42-29-13-12-28(41-34(29)46)22-4-8-24(36)9-5-22/h2-14,17-18,25,47-48H,15-16,19-20H2,1H3,(H2,38,40). The number of pyridine rings is 2. The first-order valence-electron chi connectivity index (χ1n) is 15.4. The summed E-state index contributed by atoms with van der Waals surface area (Å²) in [4.78, 5) is 25.9. The quantitative estimate of drug-likeness (QED) is 0.213. The van der Waals surface area contributed by atoms with Crippen molar-refractivity contribution >= 4 is 22.8 Å². The van der Waals surface area contributed by atoms with Crippen molar-refractivity contribution < 1.29 is 14.6 Å². The van der Waals surface area contributed by atoms with E-state index in [2.05, 4.69) is 15.0 Å². The summed E-state index contributed by atoms with van der Waals surface area (Å²) in [6, 6.07) is 24.1. The number of nitrogen functional groups attached to an aromatic ring is 1. The normalized spacial score (nSPS) is 14.2. The van der Waals surface area contributed by atoms with Crippen molar-refractivity contribution in [1.29, 1.82) is 5.26 Å². The second kappa shape index (κ2) is 12.4. The number of benzene rings is 2. The summed E-state index contributed by atoms with van der Waals surface area (Å²) in [5, 5.41) is 31.9. The molecule has 1 fully saturated rings. The predicted octanol–water partition coefficient (Wildman–Crippen LogP) is 4.23. The van der Waals surface area contributed by atoms with Crippen LogP contribution in [0.15, 0.2) is 91.3 Å². The van der Waals surface area contributed by atoms with E-state index in [1.807, 2.05) is 40.8 Å². The van der Waals surface area contributed by atoms with Crippen molar-refractivity contribution in [3.63, 3.8) is 0 Å². The van der Waals surface area contributed by atoms with Crippen LogP contribution >= 0.6 is 0 Å². The van der Waals surface area contributed by atoms with Gasteiger partial charge in [0.15, 0.2) is 11.5 Å². The highest BCUT2D eigenvalue weighted by Crippen LogP contribution is 2.34. The topological polar surface area (TPSA) is 166 Å². The predicted molar refractivity (Wildman–Crippen MR) is 178 cm³/mol. The molecule has 2 aromatic carbocycles. The van der Waals surface area contributed by atoms with E-state index in [-0.39, 0.29) is 17.7 Å². The third kappa shape index (κ3) is 5.69. The minimum Gasteiger partial charge on any atom is -0.383 e. The van der Waals surface area contributed by atoms with E-state index in [0.717, 1.165) is 5.56 Å². The minimum atomic E-state index is -2.22. The molecule has 0 radical (unpaired) electrons. The lowest BCUT2D eigenvalue weighted by molar-refractivity contribution is -0.279. The molecule has 4 aromatic heterocycles. The summed E-state index contributed by atoms with van der Waals surface area (Å²) in [6.07, 6.45) is 4.48. The second-order valence-corrected chi connectivity index (χ2v) is 11.6. The lowest BCUT2D eigenvalue weighted by atomic mass is 10.0. The summed E-state index contributed by atoms with van der Waals surface area (Å²) in [5.74, 6) is -0.983. The average molecular weight is 643 g/mol. The number of nitrogens with zero attached hydrogens (tertiary/aromatic N) is 9. The van der Waals surface area contributed by atoms with Crippen LogP contribution in [0.2, 0.25) is 0 Å². The monoisotopic (exact) mass is 642 g/mol. The van der Waals surface area contributed by atoms with Gasteiger partial charge in [0.25, 0.3) is 5.91 Å². The van der Waals surface area contributed by atoms with Crippen LogP contribution in [-0.2, 0) is 5.91 Å². The number of rotatable bonds is 7. The van der Waals surface area contributed by atoms with Gasteiger partial charge in [-0.05, 0) is 79.6 Å². The Morgan fingerprint density at radius 1 is 0.917 bits per heavy atom. The van der Waals surface area contributed by atoms with Crippen LogP contribution < -0.4 is 10.6 Å². The number of aromatic nitrogens is 6. The number of hydrogen-bond acceptors (Lipinski definition) is 11. The number of nitrogens with two attached hydrogens (primary N) is 1. The number of hydrogen-bond donors (Lipinski definition) is 3. The Kier molecular flexibility index (Phi) is 7.98. The van der Waals surface area contributed by atoms with Crippen molar-refractivity contribution in [2.75, 3.05) is 30.8 Å². The third-order valence-corrected chi connectivity index (χ3v) is 8.79. The third-order valence-electron chi connectivity index (χ3n) is 8.79. The zero-order valence-corrected chi connectivity index (χ0v) is 25.9. The van der Waals surface area contributed by atoms with E-state index in [0.29, 0.717) is 77.1 Å². The molecule has 5 heterocycles. The van der Waals surface area contributed by atoms with Gasteiger partial charge in [-0.2, -0.15) is 5.26 Å². The van der Waals surface area contributed by atoms with Crippen LogP contribution in [0.3, 0.4) is 0 Å².